The molecule has 8 nitrogen and oxygen atoms in total. The lowest BCUT2D eigenvalue weighted by molar-refractivity contribution is -0.141. The monoisotopic (exact) mass is 410 g/mol. The Labute approximate surface area is 164 Å². The minimum atomic E-state index is -4.53. The second-order valence-electron chi connectivity index (χ2n) is 7.08. The van der Waals surface area contributed by atoms with Crippen LogP contribution in [0.15, 0.2) is 29.3 Å². The van der Waals surface area contributed by atoms with E-state index in [-0.39, 0.29) is 17.5 Å². The number of anilines is 2. The molecule has 0 radical (unpaired) electrons. The largest absolute Gasteiger partial charge is 0.433 e. The van der Waals surface area contributed by atoms with E-state index in [1.807, 2.05) is 4.90 Å². The number of alkyl halides is 3. The van der Waals surface area contributed by atoms with E-state index >= 15 is 0 Å². The summed E-state index contributed by atoms with van der Waals surface area (Å²) in [7, 11) is 0. The Morgan fingerprint density at radius 1 is 1.14 bits per heavy atom. The van der Waals surface area contributed by atoms with Gasteiger partial charge in [-0.1, -0.05) is 0 Å². The average molecular weight is 410 g/mol. The van der Waals surface area contributed by atoms with Crippen molar-refractivity contribution in [3.8, 4) is 0 Å². The van der Waals surface area contributed by atoms with Crippen molar-refractivity contribution in [2.75, 3.05) is 49.2 Å². The quantitative estimate of drug-likeness (QED) is 0.763. The molecule has 2 aromatic heterocycles. The van der Waals surface area contributed by atoms with Crippen molar-refractivity contribution in [2.24, 2.45) is 0 Å². The highest BCUT2D eigenvalue weighted by molar-refractivity contribution is 5.43. The lowest BCUT2D eigenvalue weighted by Gasteiger charge is -2.33. The average Bonchev–Trinajstić information content (AvgIpc) is 2.74. The second kappa shape index (κ2) is 7.97. The molecule has 29 heavy (non-hydrogen) atoms. The Hall–Kier alpha value is -2.69. The minimum absolute atomic E-state index is 0.0162. The molecule has 2 aromatic rings. The molecule has 4 heterocycles. The van der Waals surface area contributed by atoms with Crippen molar-refractivity contribution in [1.29, 1.82) is 0 Å². The molecule has 0 aromatic carbocycles. The molecule has 0 bridgehead atoms. The van der Waals surface area contributed by atoms with Crippen LogP contribution in [0, 0.1) is 0 Å². The first kappa shape index (κ1) is 19.6. The van der Waals surface area contributed by atoms with Gasteiger partial charge in [0, 0.05) is 38.4 Å². The van der Waals surface area contributed by atoms with Gasteiger partial charge in [-0.15, -0.1) is 0 Å². The molecular weight excluding hydrogens is 389 g/mol. The standard InChI is InChI=1S/C18H21F3N6O2/c19-18(20,21)15-3-4-22-17(24-15)26-5-1-2-13(12-26)27-16(28)10-14(11-23-27)25-6-8-29-9-7-25/h3-4,10-11,13H,1-2,5-9,12H2/t13-/m0/s1. The van der Waals surface area contributed by atoms with Gasteiger partial charge in [0.15, 0.2) is 0 Å². The van der Waals surface area contributed by atoms with E-state index in [0.29, 0.717) is 52.2 Å². The van der Waals surface area contributed by atoms with Gasteiger partial charge in [0.05, 0.1) is 31.1 Å². The number of nitrogens with zero attached hydrogens (tertiary/aromatic N) is 6. The van der Waals surface area contributed by atoms with Crippen molar-refractivity contribution in [3.63, 3.8) is 0 Å². The molecule has 2 fully saturated rings. The summed E-state index contributed by atoms with van der Waals surface area (Å²) in [6.07, 6.45) is -0.355. The van der Waals surface area contributed by atoms with Crippen molar-refractivity contribution < 1.29 is 17.9 Å². The number of piperidine rings is 1. The van der Waals surface area contributed by atoms with E-state index in [1.165, 1.54) is 4.68 Å². The third-order valence-corrected chi connectivity index (χ3v) is 5.15. The molecule has 0 aliphatic carbocycles. The van der Waals surface area contributed by atoms with Gasteiger partial charge in [-0.05, 0) is 18.9 Å². The zero-order chi connectivity index (χ0) is 20.4. The van der Waals surface area contributed by atoms with Crippen LogP contribution in [-0.4, -0.2) is 59.1 Å². The fraction of sp³-hybridized carbons (Fsp3) is 0.556. The Balaban J connectivity index is 1.52. The first-order chi connectivity index (χ1) is 13.9. The number of hydrogen-bond donors (Lipinski definition) is 0. The van der Waals surface area contributed by atoms with Gasteiger partial charge >= 0.3 is 6.18 Å². The summed E-state index contributed by atoms with van der Waals surface area (Å²) in [6.45, 7) is 3.48. The zero-order valence-corrected chi connectivity index (χ0v) is 15.7. The topological polar surface area (TPSA) is 76.4 Å². The predicted octanol–water partition coefficient (Wildman–Crippen LogP) is 1.73. The van der Waals surface area contributed by atoms with Gasteiger partial charge in [-0.2, -0.15) is 18.3 Å². The summed E-state index contributed by atoms with van der Waals surface area (Å²) in [4.78, 5) is 24.0. The van der Waals surface area contributed by atoms with E-state index in [2.05, 4.69) is 15.1 Å². The maximum atomic E-state index is 12.9. The molecule has 0 amide bonds. The Bertz CT molecular complexity index is 913. The van der Waals surface area contributed by atoms with Gasteiger partial charge in [0.1, 0.15) is 5.69 Å². The van der Waals surface area contributed by atoms with E-state index in [1.54, 1.807) is 17.2 Å². The molecular formula is C18H21F3N6O2. The van der Waals surface area contributed by atoms with E-state index in [0.717, 1.165) is 18.0 Å². The van der Waals surface area contributed by atoms with E-state index in [9.17, 15) is 18.0 Å². The number of ether oxygens (including phenoxy) is 1. The summed E-state index contributed by atoms with van der Waals surface area (Å²) in [5, 5.41) is 4.34. The third kappa shape index (κ3) is 4.34. The van der Waals surface area contributed by atoms with Crippen molar-refractivity contribution in [1.82, 2.24) is 19.7 Å². The summed E-state index contributed by atoms with van der Waals surface area (Å²) in [6, 6.07) is 2.15. The molecule has 0 N–H and O–H groups in total. The van der Waals surface area contributed by atoms with Crippen LogP contribution in [0.2, 0.25) is 0 Å². The lowest BCUT2D eigenvalue weighted by Crippen LogP contribution is -2.42. The molecule has 4 rings (SSSR count). The fourth-order valence-corrected chi connectivity index (χ4v) is 3.67. The molecule has 156 valence electrons. The van der Waals surface area contributed by atoms with Gasteiger partial charge in [-0.25, -0.2) is 14.6 Å². The van der Waals surface area contributed by atoms with Gasteiger partial charge in [0.25, 0.3) is 5.56 Å². The summed E-state index contributed by atoms with van der Waals surface area (Å²) in [5.74, 6) is 0.0162. The Kier molecular flexibility index (Phi) is 5.39. The van der Waals surface area contributed by atoms with E-state index < -0.39 is 11.9 Å². The van der Waals surface area contributed by atoms with Crippen LogP contribution < -0.4 is 15.4 Å². The van der Waals surface area contributed by atoms with Crippen molar-refractivity contribution in [2.45, 2.75) is 25.1 Å². The lowest BCUT2D eigenvalue weighted by atomic mass is 10.1. The number of halogens is 3. The molecule has 0 unspecified atom stereocenters. The summed E-state index contributed by atoms with van der Waals surface area (Å²) in [5.41, 5.74) is -0.455. The van der Waals surface area contributed by atoms with Crippen LogP contribution in [-0.2, 0) is 10.9 Å². The number of aromatic nitrogens is 4. The van der Waals surface area contributed by atoms with Crippen LogP contribution in [0.3, 0.4) is 0 Å². The van der Waals surface area contributed by atoms with Crippen LogP contribution in [0.1, 0.15) is 24.6 Å². The van der Waals surface area contributed by atoms with Crippen LogP contribution >= 0.6 is 0 Å². The van der Waals surface area contributed by atoms with Gasteiger partial charge in [0.2, 0.25) is 5.95 Å². The zero-order valence-electron chi connectivity index (χ0n) is 15.7. The highest BCUT2D eigenvalue weighted by Gasteiger charge is 2.34. The number of rotatable bonds is 3. The predicted molar refractivity (Wildman–Crippen MR) is 99.0 cm³/mol. The fourth-order valence-electron chi connectivity index (χ4n) is 3.67. The molecule has 0 saturated carbocycles. The van der Waals surface area contributed by atoms with Gasteiger partial charge in [-0.3, -0.25) is 4.79 Å². The highest BCUT2D eigenvalue weighted by Crippen LogP contribution is 2.29. The van der Waals surface area contributed by atoms with Crippen molar-refractivity contribution in [3.05, 3.63) is 40.6 Å². The smallest absolute Gasteiger partial charge is 0.378 e. The summed E-state index contributed by atoms with van der Waals surface area (Å²) >= 11 is 0. The minimum Gasteiger partial charge on any atom is -0.378 e. The highest BCUT2D eigenvalue weighted by atomic mass is 19.4. The van der Waals surface area contributed by atoms with Gasteiger partial charge < -0.3 is 14.5 Å². The normalized spacial score (nSPS) is 20.7. The van der Waals surface area contributed by atoms with Crippen LogP contribution in [0.25, 0.3) is 0 Å². The van der Waals surface area contributed by atoms with Crippen molar-refractivity contribution >= 4 is 11.6 Å². The maximum absolute atomic E-state index is 12.9. The SMILES string of the molecule is O=c1cc(N2CCOCC2)cnn1[C@H]1CCCN(c2nccc(C(F)(F)F)n2)C1. The van der Waals surface area contributed by atoms with E-state index in [4.69, 9.17) is 4.74 Å². The molecule has 2 saturated heterocycles. The second-order valence-corrected chi connectivity index (χ2v) is 7.08. The molecule has 2 aliphatic rings. The number of hydrogen-bond acceptors (Lipinski definition) is 7. The molecule has 11 heteroatoms. The number of morpholine rings is 1. The molecule has 2 aliphatic heterocycles. The summed E-state index contributed by atoms with van der Waals surface area (Å²) < 4.78 is 45.6. The third-order valence-electron chi connectivity index (χ3n) is 5.15. The molecule has 1 atom stereocenters. The Morgan fingerprint density at radius 2 is 1.93 bits per heavy atom. The first-order valence-electron chi connectivity index (χ1n) is 9.48. The first-order valence-corrected chi connectivity index (χ1v) is 9.48. The molecule has 0 spiro atoms. The van der Waals surface area contributed by atoms with Crippen LogP contribution in [0.4, 0.5) is 24.8 Å². The Morgan fingerprint density at radius 3 is 2.66 bits per heavy atom. The maximum Gasteiger partial charge on any atom is 0.433 e. The van der Waals surface area contributed by atoms with Crippen LogP contribution in [0.5, 0.6) is 0 Å².